The Morgan fingerprint density at radius 3 is 2.76 bits per heavy atom. The minimum atomic E-state index is -0.511. The van der Waals surface area contributed by atoms with Crippen molar-refractivity contribution >= 4 is 38.6 Å². The smallest absolute Gasteiger partial charge is 0.146 e. The monoisotopic (exact) mass is 326 g/mol. The molecule has 0 bridgehead atoms. The Labute approximate surface area is 115 Å². The molecule has 17 heavy (non-hydrogen) atoms. The number of ether oxygens (including phenoxy) is 1. The van der Waals surface area contributed by atoms with Crippen LogP contribution in [0.25, 0.3) is 9.88 Å². The maximum atomic E-state index is 9.20. The van der Waals surface area contributed by atoms with E-state index in [1.807, 2.05) is 16.8 Å². The fraction of sp³-hybridized carbons (Fsp3) is 0.273. The second-order valence-electron chi connectivity index (χ2n) is 3.85. The average Bonchev–Trinajstić information content (AvgIpc) is 2.86. The Hall–Kier alpha value is -0.740. The number of hydrogen-bond donors (Lipinski definition) is 0. The van der Waals surface area contributed by atoms with Crippen LogP contribution in [0.2, 0.25) is 0 Å². The molecule has 3 heterocycles. The van der Waals surface area contributed by atoms with Crippen molar-refractivity contribution in [1.29, 1.82) is 5.26 Å². The second kappa shape index (κ2) is 4.18. The maximum absolute atomic E-state index is 9.20. The van der Waals surface area contributed by atoms with Gasteiger partial charge in [0.15, 0.2) is 0 Å². The van der Waals surface area contributed by atoms with E-state index in [-0.39, 0.29) is 0 Å². The molecule has 2 aromatic heterocycles. The van der Waals surface area contributed by atoms with Gasteiger partial charge in [-0.15, -0.1) is 22.7 Å². The van der Waals surface area contributed by atoms with Crippen LogP contribution >= 0.6 is 38.6 Å². The molecule has 0 unspecified atom stereocenters. The molecule has 3 rings (SSSR count). The van der Waals surface area contributed by atoms with E-state index in [0.717, 1.165) is 20.1 Å². The molecule has 0 atom stereocenters. The molecule has 0 aromatic carbocycles. The Morgan fingerprint density at radius 1 is 1.41 bits per heavy atom. The lowest BCUT2D eigenvalue weighted by atomic mass is 9.85. The predicted octanol–water partition coefficient (Wildman–Crippen LogP) is 3.43. The van der Waals surface area contributed by atoms with Crippen molar-refractivity contribution in [3.8, 4) is 16.0 Å². The van der Waals surface area contributed by atoms with Crippen LogP contribution in [0.4, 0.5) is 0 Å². The van der Waals surface area contributed by atoms with Gasteiger partial charge in [-0.1, -0.05) is 0 Å². The highest BCUT2D eigenvalue weighted by Crippen LogP contribution is 2.37. The van der Waals surface area contributed by atoms with E-state index in [9.17, 15) is 5.26 Å². The third-order valence-electron chi connectivity index (χ3n) is 2.68. The second-order valence-corrected chi connectivity index (χ2v) is 6.54. The Balaban J connectivity index is 1.96. The number of thiazole rings is 1. The molecule has 2 aromatic rings. The van der Waals surface area contributed by atoms with E-state index in [2.05, 4.69) is 27.0 Å². The van der Waals surface area contributed by atoms with Gasteiger partial charge in [0.2, 0.25) is 0 Å². The van der Waals surface area contributed by atoms with Gasteiger partial charge in [-0.3, -0.25) is 0 Å². The Morgan fingerprint density at radius 2 is 2.24 bits per heavy atom. The van der Waals surface area contributed by atoms with Gasteiger partial charge in [0.05, 0.1) is 29.9 Å². The summed E-state index contributed by atoms with van der Waals surface area (Å²) < 4.78 is 6.21. The van der Waals surface area contributed by atoms with Crippen LogP contribution in [0.1, 0.15) is 5.69 Å². The first-order chi connectivity index (χ1) is 8.23. The molecule has 0 aliphatic carbocycles. The van der Waals surface area contributed by atoms with Gasteiger partial charge in [-0.2, -0.15) is 5.26 Å². The van der Waals surface area contributed by atoms with Crippen molar-refractivity contribution in [3.63, 3.8) is 0 Å². The van der Waals surface area contributed by atoms with Gasteiger partial charge >= 0.3 is 0 Å². The summed E-state index contributed by atoms with van der Waals surface area (Å²) in [6.07, 6.45) is 0. The van der Waals surface area contributed by atoms with Crippen LogP contribution < -0.4 is 0 Å². The van der Waals surface area contributed by atoms with Crippen molar-refractivity contribution in [2.24, 2.45) is 0 Å². The molecule has 1 saturated heterocycles. The quantitative estimate of drug-likeness (QED) is 0.849. The number of hydrogen-bond acceptors (Lipinski definition) is 5. The van der Waals surface area contributed by atoms with Gasteiger partial charge in [-0.25, -0.2) is 4.98 Å². The molecule has 1 aliphatic rings. The number of nitriles is 1. The number of thiophene rings is 1. The summed E-state index contributed by atoms with van der Waals surface area (Å²) in [7, 11) is 0. The first-order valence-corrected chi connectivity index (χ1v) is 7.48. The molecule has 0 N–H and O–H groups in total. The van der Waals surface area contributed by atoms with Gasteiger partial charge in [0, 0.05) is 15.2 Å². The van der Waals surface area contributed by atoms with E-state index >= 15 is 0 Å². The van der Waals surface area contributed by atoms with Crippen LogP contribution in [-0.2, 0) is 10.2 Å². The molecular formula is C11H7BrN2OS2. The maximum Gasteiger partial charge on any atom is 0.146 e. The first kappa shape index (κ1) is 11.4. The van der Waals surface area contributed by atoms with Gasteiger partial charge in [-0.05, 0) is 22.0 Å². The fourth-order valence-electron chi connectivity index (χ4n) is 1.61. The van der Waals surface area contributed by atoms with Crippen LogP contribution in [-0.4, -0.2) is 18.2 Å². The summed E-state index contributed by atoms with van der Waals surface area (Å²) in [5.74, 6) is 0. The molecule has 3 nitrogen and oxygen atoms in total. The molecule has 1 aliphatic heterocycles. The van der Waals surface area contributed by atoms with E-state index in [4.69, 9.17) is 4.74 Å². The summed E-state index contributed by atoms with van der Waals surface area (Å²) in [6.45, 7) is 0.918. The van der Waals surface area contributed by atoms with Crippen LogP contribution in [0.15, 0.2) is 21.3 Å². The van der Waals surface area contributed by atoms with Gasteiger partial charge in [0.25, 0.3) is 0 Å². The molecule has 86 valence electrons. The lowest BCUT2D eigenvalue weighted by molar-refractivity contribution is -0.0314. The van der Waals surface area contributed by atoms with E-state index in [1.165, 1.54) is 0 Å². The van der Waals surface area contributed by atoms with Crippen molar-refractivity contribution in [2.45, 2.75) is 5.41 Å². The van der Waals surface area contributed by atoms with E-state index in [1.54, 1.807) is 22.7 Å². The van der Waals surface area contributed by atoms with Gasteiger partial charge < -0.3 is 4.74 Å². The summed E-state index contributed by atoms with van der Waals surface area (Å²) in [6, 6.07) is 4.36. The van der Waals surface area contributed by atoms with Crippen molar-refractivity contribution in [3.05, 3.63) is 27.0 Å². The summed E-state index contributed by atoms with van der Waals surface area (Å²) >= 11 is 6.66. The standard InChI is InChI=1S/C11H7BrN2OS2/c12-7-1-8(16-2-7)10-14-9(3-17-10)11(4-13)5-15-6-11/h1-3H,5-6H2. The highest BCUT2D eigenvalue weighted by Gasteiger charge is 2.43. The molecular weight excluding hydrogens is 320 g/mol. The molecule has 0 spiro atoms. The highest BCUT2D eigenvalue weighted by molar-refractivity contribution is 9.10. The Bertz CT molecular complexity index is 595. The largest absolute Gasteiger partial charge is 0.377 e. The van der Waals surface area contributed by atoms with Gasteiger partial charge in [0.1, 0.15) is 10.4 Å². The number of aromatic nitrogens is 1. The third kappa shape index (κ3) is 1.83. The lowest BCUT2D eigenvalue weighted by Gasteiger charge is -2.33. The minimum Gasteiger partial charge on any atom is -0.377 e. The SMILES string of the molecule is N#CC1(c2csc(-c3cc(Br)cs3)n2)COC1. The van der Waals surface area contributed by atoms with E-state index in [0.29, 0.717) is 13.2 Å². The highest BCUT2D eigenvalue weighted by atomic mass is 79.9. The van der Waals surface area contributed by atoms with Crippen LogP contribution in [0, 0.1) is 11.3 Å². The fourth-order valence-corrected chi connectivity index (χ4v) is 4.03. The summed E-state index contributed by atoms with van der Waals surface area (Å²) in [5.41, 5.74) is 0.333. The molecule has 0 saturated carbocycles. The lowest BCUT2D eigenvalue weighted by Crippen LogP contribution is -2.45. The number of nitrogens with zero attached hydrogens (tertiary/aromatic N) is 2. The Kier molecular flexibility index (Phi) is 2.79. The summed E-state index contributed by atoms with van der Waals surface area (Å²) in [4.78, 5) is 5.69. The van der Waals surface area contributed by atoms with E-state index < -0.39 is 5.41 Å². The van der Waals surface area contributed by atoms with Crippen LogP contribution in [0.3, 0.4) is 0 Å². The predicted molar refractivity (Wildman–Crippen MR) is 71.2 cm³/mol. The molecule has 0 amide bonds. The molecule has 6 heteroatoms. The van der Waals surface area contributed by atoms with Crippen molar-refractivity contribution in [2.75, 3.05) is 13.2 Å². The van der Waals surface area contributed by atoms with Crippen molar-refractivity contribution < 1.29 is 4.74 Å². The number of rotatable bonds is 2. The minimum absolute atomic E-state index is 0.459. The topological polar surface area (TPSA) is 45.9 Å². The first-order valence-electron chi connectivity index (χ1n) is 4.93. The zero-order chi connectivity index (χ0) is 11.9. The van der Waals surface area contributed by atoms with Crippen LogP contribution in [0.5, 0.6) is 0 Å². The third-order valence-corrected chi connectivity index (χ3v) is 5.39. The van der Waals surface area contributed by atoms with Crippen molar-refractivity contribution in [1.82, 2.24) is 4.98 Å². The zero-order valence-corrected chi connectivity index (χ0v) is 11.9. The molecule has 1 fully saturated rings. The summed E-state index contributed by atoms with van der Waals surface area (Å²) in [5, 5.41) is 14.2. The zero-order valence-electron chi connectivity index (χ0n) is 8.64. The molecule has 0 radical (unpaired) electrons. The average molecular weight is 327 g/mol. The number of halogens is 1. The normalized spacial score (nSPS) is 17.4.